The first-order chi connectivity index (χ1) is 13.5. The van der Waals surface area contributed by atoms with Gasteiger partial charge in [-0.1, -0.05) is 12.1 Å². The fraction of sp³-hybridized carbons (Fsp3) is 0.333. The van der Waals surface area contributed by atoms with Crippen LogP contribution in [0.15, 0.2) is 36.7 Å². The van der Waals surface area contributed by atoms with Gasteiger partial charge in [-0.15, -0.1) is 0 Å². The quantitative estimate of drug-likeness (QED) is 0.499. The van der Waals surface area contributed by atoms with E-state index in [-0.39, 0.29) is 11.7 Å². The van der Waals surface area contributed by atoms with Crippen LogP contribution >= 0.6 is 0 Å². The largest absolute Gasteiger partial charge is 0.377 e. The van der Waals surface area contributed by atoms with Gasteiger partial charge in [0.15, 0.2) is 11.6 Å². The van der Waals surface area contributed by atoms with Gasteiger partial charge in [-0.05, 0) is 6.92 Å². The molecule has 1 saturated heterocycles. The third-order valence-corrected chi connectivity index (χ3v) is 4.62. The molecular formula is C18H19N7O3. The molecule has 0 N–H and O–H groups in total. The lowest BCUT2D eigenvalue weighted by Gasteiger charge is -2.35. The summed E-state index contributed by atoms with van der Waals surface area (Å²) in [5, 5.41) is 15.3. The van der Waals surface area contributed by atoms with Gasteiger partial charge < -0.3 is 9.64 Å². The molecule has 28 heavy (non-hydrogen) atoms. The molecule has 1 aliphatic rings. The number of anilines is 1. The smallest absolute Gasteiger partial charge is 0.270 e. The first kappa shape index (κ1) is 18.0. The Hall–Kier alpha value is -3.40. The molecule has 1 atom stereocenters. The van der Waals surface area contributed by atoms with Crippen molar-refractivity contribution in [1.82, 2.24) is 24.7 Å². The number of rotatable bonds is 4. The van der Waals surface area contributed by atoms with E-state index in [4.69, 9.17) is 9.72 Å². The van der Waals surface area contributed by atoms with Crippen LogP contribution in [0.5, 0.6) is 0 Å². The molecule has 0 radical (unpaired) electrons. The van der Waals surface area contributed by atoms with E-state index in [1.807, 2.05) is 20.0 Å². The van der Waals surface area contributed by atoms with Gasteiger partial charge in [-0.2, -0.15) is 5.10 Å². The zero-order chi connectivity index (χ0) is 19.7. The van der Waals surface area contributed by atoms with Crippen LogP contribution in [0.2, 0.25) is 0 Å². The highest BCUT2D eigenvalue weighted by Gasteiger charge is 2.29. The number of hydrogen-bond donors (Lipinski definition) is 0. The van der Waals surface area contributed by atoms with Crippen LogP contribution in [0.1, 0.15) is 17.6 Å². The van der Waals surface area contributed by atoms with Crippen LogP contribution in [-0.4, -0.2) is 49.4 Å². The molecule has 3 heterocycles. The Labute approximate surface area is 161 Å². The predicted molar refractivity (Wildman–Crippen MR) is 101 cm³/mol. The van der Waals surface area contributed by atoms with Gasteiger partial charge in [0.05, 0.1) is 18.1 Å². The van der Waals surface area contributed by atoms with E-state index < -0.39 is 4.92 Å². The third kappa shape index (κ3) is 3.41. The maximum absolute atomic E-state index is 11.1. The number of aromatic nitrogens is 5. The highest BCUT2D eigenvalue weighted by atomic mass is 16.6. The molecular weight excluding hydrogens is 362 g/mol. The van der Waals surface area contributed by atoms with Gasteiger partial charge in [0, 0.05) is 43.0 Å². The van der Waals surface area contributed by atoms with Gasteiger partial charge in [-0.25, -0.2) is 15.0 Å². The van der Waals surface area contributed by atoms with E-state index in [9.17, 15) is 10.1 Å². The van der Waals surface area contributed by atoms with Crippen molar-refractivity contribution in [3.63, 3.8) is 0 Å². The van der Waals surface area contributed by atoms with E-state index in [0.29, 0.717) is 31.1 Å². The molecule has 1 fully saturated rings. The van der Waals surface area contributed by atoms with Gasteiger partial charge in [0.25, 0.3) is 5.69 Å². The number of hydrogen-bond acceptors (Lipinski definition) is 8. The first-order valence-electron chi connectivity index (χ1n) is 8.82. The average Bonchev–Trinajstić information content (AvgIpc) is 3.13. The van der Waals surface area contributed by atoms with Crippen molar-refractivity contribution in [1.29, 1.82) is 0 Å². The van der Waals surface area contributed by atoms with Crippen LogP contribution in [-0.2, 0) is 11.8 Å². The fourth-order valence-electron chi connectivity index (χ4n) is 3.29. The van der Waals surface area contributed by atoms with E-state index >= 15 is 0 Å². The van der Waals surface area contributed by atoms with Gasteiger partial charge in [0.2, 0.25) is 0 Å². The van der Waals surface area contributed by atoms with Crippen molar-refractivity contribution in [2.45, 2.75) is 13.0 Å². The second-order valence-corrected chi connectivity index (χ2v) is 6.52. The number of aryl methyl sites for hydroxylation is 2. The lowest BCUT2D eigenvalue weighted by Crippen LogP contribution is -2.41. The SMILES string of the molecule is Cc1cc(N2CCOCC2c2ncnn2C)nc(-c2cccc([N+](=O)[O-])c2)n1. The summed E-state index contributed by atoms with van der Waals surface area (Å²) in [4.78, 5) is 26.3. The highest BCUT2D eigenvalue weighted by Crippen LogP contribution is 2.30. The van der Waals surface area contributed by atoms with E-state index in [2.05, 4.69) is 20.0 Å². The minimum atomic E-state index is -0.424. The van der Waals surface area contributed by atoms with Crippen molar-refractivity contribution in [3.8, 4) is 11.4 Å². The molecule has 1 aromatic carbocycles. The monoisotopic (exact) mass is 381 g/mol. The number of benzene rings is 1. The van der Waals surface area contributed by atoms with Crippen molar-refractivity contribution in [2.75, 3.05) is 24.7 Å². The zero-order valence-electron chi connectivity index (χ0n) is 15.5. The second-order valence-electron chi connectivity index (χ2n) is 6.52. The third-order valence-electron chi connectivity index (χ3n) is 4.62. The minimum Gasteiger partial charge on any atom is -0.377 e. The number of ether oxygens (including phenoxy) is 1. The maximum Gasteiger partial charge on any atom is 0.270 e. The Kier molecular flexibility index (Phi) is 4.70. The lowest BCUT2D eigenvalue weighted by molar-refractivity contribution is -0.384. The molecule has 10 nitrogen and oxygen atoms in total. The Morgan fingerprint density at radius 2 is 2.14 bits per heavy atom. The maximum atomic E-state index is 11.1. The van der Waals surface area contributed by atoms with Gasteiger partial charge in [0.1, 0.15) is 18.2 Å². The van der Waals surface area contributed by atoms with Crippen LogP contribution in [0.4, 0.5) is 11.5 Å². The second kappa shape index (κ2) is 7.31. The predicted octanol–water partition coefficient (Wildman–Crippen LogP) is 2.07. The van der Waals surface area contributed by atoms with Crippen molar-refractivity contribution < 1.29 is 9.66 Å². The molecule has 2 aromatic heterocycles. The summed E-state index contributed by atoms with van der Waals surface area (Å²) < 4.78 is 7.38. The molecule has 10 heteroatoms. The van der Waals surface area contributed by atoms with E-state index in [1.54, 1.807) is 16.8 Å². The van der Waals surface area contributed by atoms with Crippen LogP contribution in [0, 0.1) is 17.0 Å². The molecule has 1 aliphatic heterocycles. The number of nitro benzene ring substituents is 1. The lowest BCUT2D eigenvalue weighted by atomic mass is 10.1. The molecule has 3 aromatic rings. The Morgan fingerprint density at radius 1 is 1.29 bits per heavy atom. The summed E-state index contributed by atoms with van der Waals surface area (Å²) in [5.41, 5.74) is 1.38. The zero-order valence-corrected chi connectivity index (χ0v) is 15.5. The normalized spacial score (nSPS) is 16.9. The number of nitrogens with zero attached hydrogens (tertiary/aromatic N) is 7. The standard InChI is InChI=1S/C18H19N7O3/c1-12-8-16(22-17(21-12)13-4-3-5-14(9-13)25(26)27)24-6-7-28-10-15(24)18-19-11-20-23(18)2/h3-5,8-9,11,15H,6-7,10H2,1-2H3. The number of nitro groups is 1. The molecule has 4 rings (SSSR count). The van der Waals surface area contributed by atoms with Crippen LogP contribution in [0.3, 0.4) is 0 Å². The molecule has 144 valence electrons. The van der Waals surface area contributed by atoms with E-state index in [1.165, 1.54) is 18.5 Å². The summed E-state index contributed by atoms with van der Waals surface area (Å²) in [7, 11) is 1.84. The molecule has 0 spiro atoms. The Bertz CT molecular complexity index is 1020. The summed E-state index contributed by atoms with van der Waals surface area (Å²) in [6.45, 7) is 3.57. The Morgan fingerprint density at radius 3 is 2.89 bits per heavy atom. The van der Waals surface area contributed by atoms with E-state index in [0.717, 1.165) is 17.3 Å². The molecule has 1 unspecified atom stereocenters. The van der Waals surface area contributed by atoms with Crippen molar-refractivity contribution >= 4 is 11.5 Å². The summed E-state index contributed by atoms with van der Waals surface area (Å²) in [5.74, 6) is 1.96. The number of non-ortho nitro benzene ring substituents is 1. The summed E-state index contributed by atoms with van der Waals surface area (Å²) >= 11 is 0. The summed E-state index contributed by atoms with van der Waals surface area (Å²) in [6, 6.07) is 8.11. The van der Waals surface area contributed by atoms with Crippen LogP contribution in [0.25, 0.3) is 11.4 Å². The molecule has 0 amide bonds. The van der Waals surface area contributed by atoms with Crippen LogP contribution < -0.4 is 4.90 Å². The molecule has 0 saturated carbocycles. The Balaban J connectivity index is 1.75. The topological polar surface area (TPSA) is 112 Å². The average molecular weight is 381 g/mol. The van der Waals surface area contributed by atoms with Gasteiger partial charge in [-0.3, -0.25) is 14.8 Å². The summed E-state index contributed by atoms with van der Waals surface area (Å²) in [6.07, 6.45) is 1.52. The fourth-order valence-corrected chi connectivity index (χ4v) is 3.29. The van der Waals surface area contributed by atoms with Crippen molar-refractivity contribution in [2.24, 2.45) is 7.05 Å². The van der Waals surface area contributed by atoms with Gasteiger partial charge >= 0.3 is 0 Å². The molecule has 0 bridgehead atoms. The van der Waals surface area contributed by atoms with Crippen molar-refractivity contribution in [3.05, 3.63) is 58.3 Å². The number of morpholine rings is 1. The highest BCUT2D eigenvalue weighted by molar-refractivity contribution is 5.61. The first-order valence-corrected chi connectivity index (χ1v) is 8.82. The molecule has 0 aliphatic carbocycles. The minimum absolute atomic E-state index is 0.00694.